The van der Waals surface area contributed by atoms with Gasteiger partial charge in [-0.1, -0.05) is 5.92 Å². The van der Waals surface area contributed by atoms with Gasteiger partial charge in [-0.05, 0) is 34.9 Å². The Balaban J connectivity index is 1.92. The number of nitrogens with zero attached hydrogens (tertiary/aromatic N) is 4. The first-order chi connectivity index (χ1) is 9.71. The summed E-state index contributed by atoms with van der Waals surface area (Å²) < 4.78 is 4.98. The molecular weight excluding hydrogens is 256 g/mol. The van der Waals surface area contributed by atoms with Crippen molar-refractivity contribution in [1.82, 2.24) is 5.32 Å². The molecule has 20 heavy (non-hydrogen) atoms. The maximum atomic E-state index is 6.18. The highest BCUT2D eigenvalue weighted by atomic mass is 16.3. The zero-order chi connectivity index (χ0) is 14.0. The van der Waals surface area contributed by atoms with Crippen LogP contribution in [0.4, 0.5) is 0 Å². The molecule has 0 radical (unpaired) electrons. The van der Waals surface area contributed by atoms with E-state index in [1.807, 2.05) is 7.05 Å². The summed E-state index contributed by atoms with van der Waals surface area (Å²) in [7, 11) is 1.83. The van der Waals surface area contributed by atoms with Gasteiger partial charge in [0.25, 0.3) is 11.7 Å². The maximum Gasteiger partial charge on any atom is 0.300 e. The zero-order valence-corrected chi connectivity index (χ0v) is 10.9. The van der Waals surface area contributed by atoms with Crippen LogP contribution in [0.15, 0.2) is 49.8 Å². The third-order valence-electron chi connectivity index (χ3n) is 2.71. The third kappa shape index (κ3) is 2.19. The number of rotatable bonds is 2. The fourth-order valence-electron chi connectivity index (χ4n) is 1.78. The normalized spacial score (nSPS) is 23.4. The first-order valence-electron chi connectivity index (χ1n) is 6.02. The summed E-state index contributed by atoms with van der Waals surface area (Å²) in [4.78, 5) is 8.53. The summed E-state index contributed by atoms with van der Waals surface area (Å²) in [6.45, 7) is 0.583. The van der Waals surface area contributed by atoms with E-state index in [9.17, 15) is 0 Å². The standard InChI is InChI=1S/C13H13N6O/c1-15-6-2-4-10-9-19(14)12(8-16-10)17-13(18-19)11-5-3-7-20-11/h3,5,7-9,15H,6,14H2,1H3/q+1. The van der Waals surface area contributed by atoms with Gasteiger partial charge >= 0.3 is 0 Å². The number of hydrogen-bond donors (Lipinski definition) is 2. The smallest absolute Gasteiger partial charge is 0.300 e. The number of allylic oxidation sites excluding steroid dienone is 1. The summed E-state index contributed by atoms with van der Waals surface area (Å²) in [5.41, 5.74) is 0.561. The van der Waals surface area contributed by atoms with Crippen LogP contribution in [0.3, 0.4) is 0 Å². The number of quaternary nitrogens is 1. The van der Waals surface area contributed by atoms with E-state index < -0.39 is 0 Å². The Morgan fingerprint density at radius 2 is 2.40 bits per heavy atom. The number of aliphatic imine (C=N–C) groups is 2. The van der Waals surface area contributed by atoms with Crippen LogP contribution in [-0.4, -0.2) is 36.2 Å². The molecule has 1 aromatic rings. The first-order valence-corrected chi connectivity index (χ1v) is 6.02. The van der Waals surface area contributed by atoms with E-state index in [4.69, 9.17) is 10.3 Å². The second-order valence-electron chi connectivity index (χ2n) is 4.21. The lowest BCUT2D eigenvalue weighted by molar-refractivity contribution is -0.803. The SMILES string of the molecule is CNCC#CC1=C[N+]2(N)N=C(c3ccco3)N=C2C=N1. The van der Waals surface area contributed by atoms with Crippen LogP contribution in [0.5, 0.6) is 0 Å². The molecule has 7 nitrogen and oxygen atoms in total. The van der Waals surface area contributed by atoms with Gasteiger partial charge in [0.1, 0.15) is 6.21 Å². The topological polar surface area (TPSA) is 88.3 Å². The molecule has 2 aliphatic rings. The average Bonchev–Trinajstić information content (AvgIpc) is 3.04. The van der Waals surface area contributed by atoms with Gasteiger partial charge in [-0.3, -0.25) is 0 Å². The highest BCUT2D eigenvalue weighted by molar-refractivity contribution is 6.31. The molecule has 0 saturated carbocycles. The monoisotopic (exact) mass is 269 g/mol. The van der Waals surface area contributed by atoms with Crippen LogP contribution >= 0.6 is 0 Å². The lowest BCUT2D eigenvalue weighted by Gasteiger charge is -2.17. The predicted octanol–water partition coefficient (Wildman–Crippen LogP) is 0.192. The molecule has 7 heteroatoms. The summed E-state index contributed by atoms with van der Waals surface area (Å²) in [6.07, 6.45) is 4.79. The van der Waals surface area contributed by atoms with Crippen LogP contribution < -0.4 is 11.2 Å². The van der Waals surface area contributed by atoms with Crippen molar-refractivity contribution >= 4 is 17.9 Å². The van der Waals surface area contributed by atoms with E-state index in [2.05, 4.69) is 32.2 Å². The number of hydrogen-bond acceptors (Lipinski definition) is 6. The van der Waals surface area contributed by atoms with Crippen molar-refractivity contribution in [3.05, 3.63) is 36.1 Å². The summed E-state index contributed by atoms with van der Waals surface area (Å²) in [5, 5.41) is 7.28. The fraction of sp³-hybridized carbons (Fsp3) is 0.154. The van der Waals surface area contributed by atoms with E-state index in [0.717, 1.165) is 0 Å². The van der Waals surface area contributed by atoms with Crippen molar-refractivity contribution in [1.29, 1.82) is 0 Å². The lowest BCUT2D eigenvalue weighted by Crippen LogP contribution is -2.50. The van der Waals surface area contributed by atoms with Gasteiger partial charge in [0, 0.05) is 0 Å². The molecule has 0 spiro atoms. The van der Waals surface area contributed by atoms with Crippen LogP contribution in [0, 0.1) is 11.8 Å². The first kappa shape index (κ1) is 12.5. The van der Waals surface area contributed by atoms with E-state index >= 15 is 0 Å². The molecule has 0 aromatic carbocycles. The van der Waals surface area contributed by atoms with Gasteiger partial charge in [-0.25, -0.2) is 4.99 Å². The lowest BCUT2D eigenvalue weighted by atomic mass is 10.4. The largest absolute Gasteiger partial charge is 0.461 e. The Hall–Kier alpha value is -2.53. The number of nitrogens with one attached hydrogen (secondary N) is 1. The Kier molecular flexibility index (Phi) is 3.04. The van der Waals surface area contributed by atoms with Gasteiger partial charge in [0.15, 0.2) is 17.7 Å². The Morgan fingerprint density at radius 3 is 3.15 bits per heavy atom. The molecule has 1 unspecified atom stereocenters. The highest BCUT2D eigenvalue weighted by Crippen LogP contribution is 2.20. The number of nitrogens with two attached hydrogens (primary N) is 1. The van der Waals surface area contributed by atoms with Gasteiger partial charge < -0.3 is 9.73 Å². The van der Waals surface area contributed by atoms with E-state index in [1.165, 1.54) is 0 Å². The Morgan fingerprint density at radius 1 is 1.50 bits per heavy atom. The number of amidine groups is 2. The minimum absolute atomic E-state index is 0.289. The van der Waals surface area contributed by atoms with Crippen LogP contribution in [-0.2, 0) is 0 Å². The van der Waals surface area contributed by atoms with E-state index in [-0.39, 0.29) is 4.70 Å². The van der Waals surface area contributed by atoms with Crippen LogP contribution in [0.25, 0.3) is 0 Å². The molecule has 0 saturated heterocycles. The fourth-order valence-corrected chi connectivity index (χ4v) is 1.78. The van der Waals surface area contributed by atoms with Crippen molar-refractivity contribution in [2.45, 2.75) is 0 Å². The second kappa shape index (κ2) is 4.86. The molecule has 100 valence electrons. The van der Waals surface area contributed by atoms with Crippen LogP contribution in [0.1, 0.15) is 5.76 Å². The van der Waals surface area contributed by atoms with Crippen molar-refractivity contribution in [2.24, 2.45) is 20.9 Å². The van der Waals surface area contributed by atoms with Gasteiger partial charge in [-0.15, -0.1) is 5.84 Å². The molecular formula is C13H13N6O+. The minimum atomic E-state index is -0.289. The molecule has 1 aromatic heterocycles. The predicted molar refractivity (Wildman–Crippen MR) is 75.4 cm³/mol. The number of furan rings is 1. The number of fused-ring (bicyclic) bond motifs is 1. The highest BCUT2D eigenvalue weighted by Gasteiger charge is 2.39. The maximum absolute atomic E-state index is 6.18. The van der Waals surface area contributed by atoms with Crippen LogP contribution in [0.2, 0.25) is 0 Å². The third-order valence-corrected chi connectivity index (χ3v) is 2.71. The van der Waals surface area contributed by atoms with Crippen molar-refractivity contribution in [3.8, 4) is 11.8 Å². The van der Waals surface area contributed by atoms with Crippen molar-refractivity contribution in [2.75, 3.05) is 13.6 Å². The molecule has 0 aliphatic carbocycles. The Bertz CT molecular complexity index is 701. The van der Waals surface area contributed by atoms with Crippen molar-refractivity contribution in [3.63, 3.8) is 0 Å². The molecule has 0 bridgehead atoms. The molecule has 2 aliphatic heterocycles. The van der Waals surface area contributed by atoms with E-state index in [0.29, 0.717) is 29.7 Å². The van der Waals surface area contributed by atoms with Crippen molar-refractivity contribution < 1.29 is 9.12 Å². The van der Waals surface area contributed by atoms with Gasteiger partial charge in [0.05, 0.1) is 12.8 Å². The summed E-state index contributed by atoms with van der Waals surface area (Å²) in [5.74, 6) is 13.6. The quantitative estimate of drug-likeness (QED) is 0.456. The molecule has 1 atom stereocenters. The van der Waals surface area contributed by atoms with Gasteiger partial charge in [0.2, 0.25) is 0 Å². The molecule has 3 N–H and O–H groups in total. The molecule has 0 amide bonds. The summed E-state index contributed by atoms with van der Waals surface area (Å²) in [6, 6.07) is 3.55. The zero-order valence-electron chi connectivity index (χ0n) is 10.9. The average molecular weight is 269 g/mol. The molecule has 3 rings (SSSR count). The Labute approximate surface area is 115 Å². The molecule has 0 fully saturated rings. The molecule has 3 heterocycles. The minimum Gasteiger partial charge on any atom is -0.461 e. The van der Waals surface area contributed by atoms with E-state index in [1.54, 1.807) is 30.8 Å². The second-order valence-corrected chi connectivity index (χ2v) is 4.21. The van der Waals surface area contributed by atoms with Gasteiger partial charge in [-0.2, -0.15) is 4.99 Å². The summed E-state index contributed by atoms with van der Waals surface area (Å²) >= 11 is 0.